The number of pyridine rings is 2. The molecule has 0 aliphatic carbocycles. The molecular weight excluding hydrogens is 348 g/mol. The standard InChI is InChI=1S/C23H26N2OSi/c1-15(2)10-16-12-20(24-14-22(16)27(3,4)5)17-11-19-18-8-6-7-9-21(18)26-23(19)25-13-17/h6-9,11-15H,10H2,1-5H3. The quantitative estimate of drug-likeness (QED) is 0.425. The fourth-order valence-electron chi connectivity index (χ4n) is 3.69. The van der Waals surface area contributed by atoms with Crippen molar-refractivity contribution in [3.63, 3.8) is 0 Å². The van der Waals surface area contributed by atoms with Gasteiger partial charge in [0.2, 0.25) is 5.71 Å². The van der Waals surface area contributed by atoms with Crippen molar-refractivity contribution in [1.29, 1.82) is 0 Å². The van der Waals surface area contributed by atoms with Gasteiger partial charge in [0.1, 0.15) is 5.58 Å². The number of fused-ring (bicyclic) bond motifs is 3. The Balaban J connectivity index is 1.86. The predicted octanol–water partition coefficient (Wildman–Crippen LogP) is 5.79. The van der Waals surface area contributed by atoms with Crippen LogP contribution in [0.3, 0.4) is 0 Å². The molecule has 3 nitrogen and oxygen atoms in total. The molecule has 0 atom stereocenters. The van der Waals surface area contributed by atoms with Crippen LogP contribution < -0.4 is 5.19 Å². The molecule has 1 aromatic carbocycles. The lowest BCUT2D eigenvalue weighted by Gasteiger charge is -2.22. The minimum absolute atomic E-state index is 0.619. The maximum absolute atomic E-state index is 5.86. The van der Waals surface area contributed by atoms with Gasteiger partial charge in [0.15, 0.2) is 0 Å². The van der Waals surface area contributed by atoms with Crippen molar-refractivity contribution >= 4 is 35.3 Å². The lowest BCUT2D eigenvalue weighted by Crippen LogP contribution is -2.40. The first kappa shape index (κ1) is 17.9. The third kappa shape index (κ3) is 3.42. The van der Waals surface area contributed by atoms with E-state index in [1.165, 1.54) is 10.8 Å². The minimum Gasteiger partial charge on any atom is -0.438 e. The van der Waals surface area contributed by atoms with Gasteiger partial charge in [-0.25, -0.2) is 4.98 Å². The van der Waals surface area contributed by atoms with Gasteiger partial charge in [-0.2, -0.15) is 0 Å². The summed E-state index contributed by atoms with van der Waals surface area (Å²) in [5.74, 6) is 0.619. The van der Waals surface area contributed by atoms with Crippen molar-refractivity contribution in [1.82, 2.24) is 9.97 Å². The van der Waals surface area contributed by atoms with Crippen LogP contribution in [0, 0.1) is 5.92 Å². The van der Waals surface area contributed by atoms with E-state index in [9.17, 15) is 0 Å². The fourth-order valence-corrected chi connectivity index (χ4v) is 5.28. The molecular formula is C23H26N2OSi. The Kier molecular flexibility index (Phi) is 4.39. The number of nitrogens with zero attached hydrogens (tertiary/aromatic N) is 2. The van der Waals surface area contributed by atoms with Crippen LogP contribution in [0.1, 0.15) is 19.4 Å². The Morgan fingerprint density at radius 2 is 1.74 bits per heavy atom. The van der Waals surface area contributed by atoms with Gasteiger partial charge in [0.05, 0.1) is 13.8 Å². The van der Waals surface area contributed by atoms with E-state index in [1.807, 2.05) is 24.4 Å². The van der Waals surface area contributed by atoms with Crippen LogP contribution in [-0.4, -0.2) is 18.0 Å². The van der Waals surface area contributed by atoms with Crippen molar-refractivity contribution in [3.8, 4) is 11.3 Å². The number of hydrogen-bond acceptors (Lipinski definition) is 3. The number of furan rings is 1. The van der Waals surface area contributed by atoms with Crippen LogP contribution in [0.2, 0.25) is 19.6 Å². The van der Waals surface area contributed by atoms with Crippen LogP contribution in [0.5, 0.6) is 0 Å². The number of aromatic nitrogens is 2. The molecule has 0 aliphatic rings. The second-order valence-electron chi connectivity index (χ2n) is 8.75. The number of rotatable bonds is 4. The van der Waals surface area contributed by atoms with Crippen LogP contribution in [0.15, 0.2) is 53.2 Å². The first-order valence-corrected chi connectivity index (χ1v) is 13.1. The van der Waals surface area contributed by atoms with Crippen molar-refractivity contribution in [2.24, 2.45) is 5.92 Å². The molecule has 3 heterocycles. The maximum atomic E-state index is 5.86. The highest BCUT2D eigenvalue weighted by molar-refractivity contribution is 6.89. The molecule has 0 amide bonds. The van der Waals surface area contributed by atoms with E-state index in [4.69, 9.17) is 9.40 Å². The maximum Gasteiger partial charge on any atom is 0.227 e. The highest BCUT2D eigenvalue weighted by Gasteiger charge is 2.22. The van der Waals surface area contributed by atoms with Crippen LogP contribution in [0.4, 0.5) is 0 Å². The summed E-state index contributed by atoms with van der Waals surface area (Å²) in [5.41, 5.74) is 5.03. The molecule has 0 saturated heterocycles. The Morgan fingerprint density at radius 3 is 2.48 bits per heavy atom. The Labute approximate surface area is 161 Å². The van der Waals surface area contributed by atoms with Gasteiger partial charge < -0.3 is 4.42 Å². The average molecular weight is 375 g/mol. The van der Waals surface area contributed by atoms with Crippen molar-refractivity contribution in [2.75, 3.05) is 0 Å². The molecule has 4 aromatic rings. The largest absolute Gasteiger partial charge is 0.438 e. The van der Waals surface area contributed by atoms with Crippen LogP contribution in [0.25, 0.3) is 33.3 Å². The van der Waals surface area contributed by atoms with Gasteiger partial charge in [-0.3, -0.25) is 4.98 Å². The Hall–Kier alpha value is -2.46. The van der Waals surface area contributed by atoms with E-state index in [0.29, 0.717) is 11.6 Å². The SMILES string of the molecule is CC(C)Cc1cc(-c2cnc3oc4ccccc4c3c2)ncc1[Si](C)(C)C. The monoisotopic (exact) mass is 374 g/mol. The topological polar surface area (TPSA) is 38.9 Å². The van der Waals surface area contributed by atoms with Gasteiger partial charge in [-0.1, -0.05) is 51.7 Å². The fraction of sp³-hybridized carbons (Fsp3) is 0.304. The lowest BCUT2D eigenvalue weighted by atomic mass is 10.0. The summed E-state index contributed by atoms with van der Waals surface area (Å²) >= 11 is 0. The van der Waals surface area contributed by atoms with E-state index < -0.39 is 8.07 Å². The molecule has 0 radical (unpaired) electrons. The molecule has 0 aliphatic heterocycles. The normalized spacial score (nSPS) is 12.4. The molecule has 3 aromatic heterocycles. The molecule has 4 rings (SSSR count). The van der Waals surface area contributed by atoms with Crippen molar-refractivity contribution in [2.45, 2.75) is 39.9 Å². The minimum atomic E-state index is -1.43. The molecule has 27 heavy (non-hydrogen) atoms. The van der Waals surface area contributed by atoms with Gasteiger partial charge >= 0.3 is 0 Å². The smallest absolute Gasteiger partial charge is 0.227 e. The first-order chi connectivity index (χ1) is 12.8. The highest BCUT2D eigenvalue weighted by Crippen LogP contribution is 2.30. The summed E-state index contributed by atoms with van der Waals surface area (Å²) in [6, 6.07) is 12.5. The zero-order chi connectivity index (χ0) is 19.2. The average Bonchev–Trinajstić information content (AvgIpc) is 2.98. The van der Waals surface area contributed by atoms with Gasteiger partial charge in [0.25, 0.3) is 0 Å². The van der Waals surface area contributed by atoms with Gasteiger partial charge in [-0.15, -0.1) is 0 Å². The van der Waals surface area contributed by atoms with E-state index in [2.05, 4.69) is 62.9 Å². The summed E-state index contributed by atoms with van der Waals surface area (Å²) in [6.07, 6.45) is 5.07. The first-order valence-electron chi connectivity index (χ1n) is 9.60. The van der Waals surface area contributed by atoms with Crippen molar-refractivity contribution in [3.05, 3.63) is 54.4 Å². The van der Waals surface area contributed by atoms with Gasteiger partial charge in [-0.05, 0) is 41.3 Å². The number of hydrogen-bond donors (Lipinski definition) is 0. The Morgan fingerprint density at radius 1 is 0.963 bits per heavy atom. The Bertz CT molecular complexity index is 1120. The number of benzene rings is 1. The molecule has 0 unspecified atom stereocenters. The highest BCUT2D eigenvalue weighted by atomic mass is 28.3. The van der Waals surface area contributed by atoms with E-state index >= 15 is 0 Å². The van der Waals surface area contributed by atoms with E-state index in [0.717, 1.165) is 34.0 Å². The van der Waals surface area contributed by atoms with Crippen LogP contribution >= 0.6 is 0 Å². The third-order valence-corrected chi connectivity index (χ3v) is 7.02. The summed E-state index contributed by atoms with van der Waals surface area (Å²) in [6.45, 7) is 11.7. The summed E-state index contributed by atoms with van der Waals surface area (Å²) in [5, 5.41) is 3.61. The second-order valence-corrected chi connectivity index (χ2v) is 13.8. The zero-order valence-corrected chi connectivity index (χ0v) is 17.7. The number of para-hydroxylation sites is 1. The predicted molar refractivity (Wildman–Crippen MR) is 116 cm³/mol. The van der Waals surface area contributed by atoms with Crippen LogP contribution in [-0.2, 0) is 6.42 Å². The van der Waals surface area contributed by atoms with E-state index in [-0.39, 0.29) is 0 Å². The molecule has 0 fully saturated rings. The summed E-state index contributed by atoms with van der Waals surface area (Å²) in [7, 11) is -1.43. The summed E-state index contributed by atoms with van der Waals surface area (Å²) in [4.78, 5) is 9.38. The molecule has 0 spiro atoms. The molecule has 138 valence electrons. The van der Waals surface area contributed by atoms with Crippen molar-refractivity contribution < 1.29 is 4.42 Å². The second kappa shape index (κ2) is 6.61. The van der Waals surface area contributed by atoms with Gasteiger partial charge in [0, 0.05) is 28.7 Å². The lowest BCUT2D eigenvalue weighted by molar-refractivity contribution is 0.649. The molecule has 4 heteroatoms. The molecule has 0 saturated carbocycles. The third-order valence-electron chi connectivity index (χ3n) is 4.96. The van der Waals surface area contributed by atoms with E-state index in [1.54, 1.807) is 0 Å². The zero-order valence-electron chi connectivity index (χ0n) is 16.7. The molecule has 0 N–H and O–H groups in total. The molecule has 0 bridgehead atoms. The summed E-state index contributed by atoms with van der Waals surface area (Å²) < 4.78 is 5.86.